The van der Waals surface area contributed by atoms with Crippen molar-refractivity contribution in [3.8, 4) is 0 Å². The van der Waals surface area contributed by atoms with Crippen LogP contribution in [0.3, 0.4) is 0 Å². The van der Waals surface area contributed by atoms with Gasteiger partial charge in [0.05, 0.1) is 6.10 Å². The molecule has 2 aliphatic rings. The van der Waals surface area contributed by atoms with Gasteiger partial charge in [-0.1, -0.05) is 0 Å². The molecule has 0 spiro atoms. The Morgan fingerprint density at radius 2 is 2.32 bits per heavy atom. The number of guanidine groups is 1. The lowest BCUT2D eigenvalue weighted by Crippen LogP contribution is -2.51. The van der Waals surface area contributed by atoms with E-state index in [-0.39, 0.29) is 24.0 Å². The molecule has 0 aromatic rings. The van der Waals surface area contributed by atoms with Crippen LogP contribution in [-0.4, -0.2) is 60.8 Å². The van der Waals surface area contributed by atoms with Gasteiger partial charge in [-0.05, 0) is 26.7 Å². The van der Waals surface area contributed by atoms with Gasteiger partial charge < -0.3 is 15.0 Å². The highest BCUT2D eigenvalue weighted by Crippen LogP contribution is 2.29. The smallest absolute Gasteiger partial charge is 0.193 e. The van der Waals surface area contributed by atoms with Crippen molar-refractivity contribution < 1.29 is 4.74 Å². The standard InChI is InChI=1S/C13H25N3OS.HI/c1-13(2)10-16(6-8-18-13)12(14-3)15-9-11-5-4-7-17-11;/h11H,4-10H2,1-3H3,(H,14,15);1H. The zero-order valence-corrected chi connectivity index (χ0v) is 15.3. The third kappa shape index (κ3) is 5.30. The minimum atomic E-state index is 0. The Morgan fingerprint density at radius 1 is 1.53 bits per heavy atom. The molecule has 4 nitrogen and oxygen atoms in total. The highest BCUT2D eigenvalue weighted by atomic mass is 127. The van der Waals surface area contributed by atoms with Gasteiger partial charge in [-0.2, -0.15) is 11.8 Å². The summed E-state index contributed by atoms with van der Waals surface area (Å²) < 4.78 is 5.96. The molecule has 0 amide bonds. The summed E-state index contributed by atoms with van der Waals surface area (Å²) in [6.45, 7) is 8.55. The van der Waals surface area contributed by atoms with Gasteiger partial charge in [0.2, 0.25) is 0 Å². The van der Waals surface area contributed by atoms with Gasteiger partial charge in [-0.15, -0.1) is 24.0 Å². The van der Waals surface area contributed by atoms with E-state index >= 15 is 0 Å². The molecule has 112 valence electrons. The lowest BCUT2D eigenvalue weighted by atomic mass is 10.2. The van der Waals surface area contributed by atoms with Crippen molar-refractivity contribution in [2.45, 2.75) is 37.5 Å². The molecule has 0 radical (unpaired) electrons. The van der Waals surface area contributed by atoms with E-state index in [2.05, 4.69) is 29.1 Å². The molecule has 0 saturated carbocycles. The van der Waals surface area contributed by atoms with Crippen LogP contribution in [0, 0.1) is 0 Å². The Hall–Kier alpha value is 0.310. The first-order valence-electron chi connectivity index (χ1n) is 6.82. The summed E-state index contributed by atoms with van der Waals surface area (Å²) in [4.78, 5) is 6.77. The maximum Gasteiger partial charge on any atom is 0.193 e. The minimum Gasteiger partial charge on any atom is -0.376 e. The van der Waals surface area contributed by atoms with Crippen LogP contribution >= 0.6 is 35.7 Å². The predicted octanol–water partition coefficient (Wildman–Crippen LogP) is 2.19. The first kappa shape index (κ1) is 17.4. The van der Waals surface area contributed by atoms with Crippen LogP contribution in [0.2, 0.25) is 0 Å². The Morgan fingerprint density at radius 3 is 2.89 bits per heavy atom. The molecule has 0 aliphatic carbocycles. The number of thioether (sulfide) groups is 1. The van der Waals surface area contributed by atoms with Gasteiger partial charge in [-0.3, -0.25) is 4.99 Å². The summed E-state index contributed by atoms with van der Waals surface area (Å²) >= 11 is 2.05. The fraction of sp³-hybridized carbons (Fsp3) is 0.923. The normalized spacial score (nSPS) is 27.0. The molecule has 2 heterocycles. The fourth-order valence-corrected chi connectivity index (χ4v) is 3.65. The molecule has 1 unspecified atom stereocenters. The summed E-state index contributed by atoms with van der Waals surface area (Å²) in [7, 11) is 1.87. The number of rotatable bonds is 2. The maximum atomic E-state index is 5.64. The van der Waals surface area contributed by atoms with Crippen molar-refractivity contribution in [3.63, 3.8) is 0 Å². The Bertz CT molecular complexity index is 306. The maximum absolute atomic E-state index is 5.64. The van der Waals surface area contributed by atoms with E-state index in [1.807, 2.05) is 18.8 Å². The Balaban J connectivity index is 0.00000180. The number of ether oxygens (including phenoxy) is 1. The lowest BCUT2D eigenvalue weighted by Gasteiger charge is -2.39. The van der Waals surface area contributed by atoms with E-state index < -0.39 is 0 Å². The van der Waals surface area contributed by atoms with Crippen LogP contribution in [0.4, 0.5) is 0 Å². The second-order valence-electron chi connectivity index (χ2n) is 5.59. The van der Waals surface area contributed by atoms with E-state index in [1.54, 1.807) is 0 Å². The molecule has 1 atom stereocenters. The molecule has 1 N–H and O–H groups in total. The Labute approximate surface area is 138 Å². The highest BCUT2D eigenvalue weighted by Gasteiger charge is 2.29. The number of hydrogen-bond acceptors (Lipinski definition) is 3. The average Bonchev–Trinajstić information content (AvgIpc) is 2.81. The number of aliphatic imine (C=N–C) groups is 1. The summed E-state index contributed by atoms with van der Waals surface area (Å²) in [5.41, 5.74) is 0. The predicted molar refractivity (Wildman–Crippen MR) is 93.9 cm³/mol. The number of hydrogen-bond donors (Lipinski definition) is 1. The average molecular weight is 399 g/mol. The van der Waals surface area contributed by atoms with Crippen LogP contribution in [0.25, 0.3) is 0 Å². The molecule has 0 bridgehead atoms. The molecule has 6 heteroatoms. The van der Waals surface area contributed by atoms with E-state index in [1.165, 1.54) is 18.6 Å². The minimum absolute atomic E-state index is 0. The summed E-state index contributed by atoms with van der Waals surface area (Å²) in [6, 6.07) is 0. The van der Waals surface area contributed by atoms with E-state index in [0.717, 1.165) is 32.2 Å². The Kier molecular flexibility index (Phi) is 7.24. The zero-order valence-electron chi connectivity index (χ0n) is 12.1. The van der Waals surface area contributed by atoms with E-state index in [4.69, 9.17) is 4.74 Å². The van der Waals surface area contributed by atoms with Crippen molar-refractivity contribution in [1.82, 2.24) is 10.2 Å². The van der Waals surface area contributed by atoms with Crippen molar-refractivity contribution in [3.05, 3.63) is 0 Å². The summed E-state index contributed by atoms with van der Waals surface area (Å²) in [5.74, 6) is 2.20. The summed E-state index contributed by atoms with van der Waals surface area (Å²) in [5, 5.41) is 3.46. The van der Waals surface area contributed by atoms with Gasteiger partial charge >= 0.3 is 0 Å². The molecular formula is C13H26IN3OS. The van der Waals surface area contributed by atoms with E-state index in [9.17, 15) is 0 Å². The van der Waals surface area contributed by atoms with Gasteiger partial charge in [0, 0.05) is 43.8 Å². The monoisotopic (exact) mass is 399 g/mol. The third-order valence-electron chi connectivity index (χ3n) is 3.45. The largest absolute Gasteiger partial charge is 0.376 e. The van der Waals surface area contributed by atoms with Crippen LogP contribution in [0.5, 0.6) is 0 Å². The zero-order chi connectivity index (χ0) is 13.0. The van der Waals surface area contributed by atoms with Crippen molar-refractivity contribution in [2.75, 3.05) is 39.0 Å². The van der Waals surface area contributed by atoms with Gasteiger partial charge in [-0.25, -0.2) is 0 Å². The van der Waals surface area contributed by atoms with Crippen LogP contribution in [-0.2, 0) is 4.74 Å². The van der Waals surface area contributed by atoms with Crippen LogP contribution in [0.1, 0.15) is 26.7 Å². The molecule has 2 aliphatic heterocycles. The molecular weight excluding hydrogens is 373 g/mol. The second kappa shape index (κ2) is 7.93. The fourth-order valence-electron chi connectivity index (χ4n) is 2.54. The van der Waals surface area contributed by atoms with Gasteiger partial charge in [0.15, 0.2) is 5.96 Å². The molecule has 2 rings (SSSR count). The topological polar surface area (TPSA) is 36.9 Å². The van der Waals surface area contributed by atoms with E-state index in [0.29, 0.717) is 10.9 Å². The quantitative estimate of drug-likeness (QED) is 0.439. The highest BCUT2D eigenvalue weighted by molar-refractivity contribution is 14.0. The molecule has 2 saturated heterocycles. The number of nitrogens with one attached hydrogen (secondary N) is 1. The molecule has 0 aromatic heterocycles. The molecule has 0 aromatic carbocycles. The first-order chi connectivity index (χ1) is 8.61. The first-order valence-corrected chi connectivity index (χ1v) is 7.80. The number of halogens is 1. The van der Waals surface area contributed by atoms with Crippen LogP contribution < -0.4 is 5.32 Å². The van der Waals surface area contributed by atoms with Gasteiger partial charge in [0.25, 0.3) is 0 Å². The second-order valence-corrected chi connectivity index (χ2v) is 7.39. The van der Waals surface area contributed by atoms with Crippen molar-refractivity contribution >= 4 is 41.7 Å². The summed E-state index contributed by atoms with van der Waals surface area (Å²) in [6.07, 6.45) is 2.73. The van der Waals surface area contributed by atoms with Crippen molar-refractivity contribution in [2.24, 2.45) is 4.99 Å². The van der Waals surface area contributed by atoms with Crippen molar-refractivity contribution in [1.29, 1.82) is 0 Å². The molecule has 19 heavy (non-hydrogen) atoms. The molecule has 2 fully saturated rings. The number of nitrogens with zero attached hydrogens (tertiary/aromatic N) is 2. The third-order valence-corrected chi connectivity index (χ3v) is 4.75. The van der Waals surface area contributed by atoms with Gasteiger partial charge in [0.1, 0.15) is 0 Å². The van der Waals surface area contributed by atoms with Crippen LogP contribution in [0.15, 0.2) is 4.99 Å². The lowest BCUT2D eigenvalue weighted by molar-refractivity contribution is 0.113. The SMILES string of the molecule is CN=C(NCC1CCCO1)N1CCSC(C)(C)C1.I.